The molecule has 9 nitrogen and oxygen atoms in total. The third-order valence-corrected chi connectivity index (χ3v) is 7.83. The van der Waals surface area contributed by atoms with E-state index >= 15 is 0 Å². The summed E-state index contributed by atoms with van der Waals surface area (Å²) in [6, 6.07) is 12.2. The van der Waals surface area contributed by atoms with E-state index in [1.165, 1.54) is 10.4 Å². The van der Waals surface area contributed by atoms with E-state index in [0.29, 0.717) is 36.1 Å². The molecule has 1 N–H and O–H groups in total. The number of nitrogens with zero attached hydrogens (tertiary/aromatic N) is 3. The van der Waals surface area contributed by atoms with Crippen molar-refractivity contribution in [2.45, 2.75) is 43.9 Å². The van der Waals surface area contributed by atoms with E-state index in [1.807, 2.05) is 12.1 Å². The van der Waals surface area contributed by atoms with Crippen molar-refractivity contribution in [1.82, 2.24) is 14.4 Å². The van der Waals surface area contributed by atoms with Crippen molar-refractivity contribution >= 4 is 21.6 Å². The molecule has 0 atom stereocenters. The highest BCUT2D eigenvalue weighted by atomic mass is 32.2. The van der Waals surface area contributed by atoms with Crippen LogP contribution in [0.15, 0.2) is 51.9 Å². The second kappa shape index (κ2) is 10.4. The molecule has 1 fully saturated rings. The zero-order valence-corrected chi connectivity index (χ0v) is 20.1. The number of rotatable bonds is 8. The minimum absolute atomic E-state index is 0.117. The van der Waals surface area contributed by atoms with Gasteiger partial charge in [-0.3, -0.25) is 4.79 Å². The fourth-order valence-corrected chi connectivity index (χ4v) is 5.63. The Bertz CT molecular complexity index is 1250. The Balaban J connectivity index is 1.38. The quantitative estimate of drug-likeness (QED) is 0.517. The summed E-state index contributed by atoms with van der Waals surface area (Å²) in [5.41, 5.74) is 1.87. The highest BCUT2D eigenvalue weighted by molar-refractivity contribution is 7.89. The number of nitrogens with one attached hydrogen (secondary N) is 1. The van der Waals surface area contributed by atoms with Gasteiger partial charge >= 0.3 is 0 Å². The zero-order valence-electron chi connectivity index (χ0n) is 19.3. The van der Waals surface area contributed by atoms with E-state index in [-0.39, 0.29) is 23.6 Å². The summed E-state index contributed by atoms with van der Waals surface area (Å²) in [4.78, 5) is 17.1. The Morgan fingerprint density at radius 2 is 1.85 bits per heavy atom. The first-order valence-electron chi connectivity index (χ1n) is 11.2. The molecule has 0 radical (unpaired) electrons. The standard InChI is InChI=1S/C24H28N4O5S/c1-17-6-9-19(16-21(17)34(30,31)28-14-4-3-5-15-28)25-22(29)12-13-23-26-24(27-33-23)18-7-10-20(32-2)11-8-18/h6-11,16H,3-5,12-15H2,1-2H3,(H,25,29). The van der Waals surface area contributed by atoms with Gasteiger partial charge in [-0.25, -0.2) is 8.42 Å². The minimum atomic E-state index is -3.59. The molecule has 0 bridgehead atoms. The highest BCUT2D eigenvalue weighted by Gasteiger charge is 2.27. The van der Waals surface area contributed by atoms with Gasteiger partial charge in [0.05, 0.1) is 12.0 Å². The molecule has 10 heteroatoms. The number of methoxy groups -OCH3 is 1. The third kappa shape index (κ3) is 5.45. The first-order chi connectivity index (χ1) is 16.4. The van der Waals surface area contributed by atoms with Gasteiger partial charge in [0.1, 0.15) is 5.75 Å². The first kappa shape index (κ1) is 23.9. The monoisotopic (exact) mass is 484 g/mol. The number of benzene rings is 2. The summed E-state index contributed by atoms with van der Waals surface area (Å²) in [5.74, 6) is 1.24. The van der Waals surface area contributed by atoms with Crippen molar-refractivity contribution in [3.8, 4) is 17.1 Å². The molecule has 2 aromatic carbocycles. The van der Waals surface area contributed by atoms with E-state index in [9.17, 15) is 13.2 Å². The van der Waals surface area contributed by atoms with Crippen molar-refractivity contribution in [2.24, 2.45) is 0 Å². The number of carbonyl (C=O) groups is 1. The summed E-state index contributed by atoms with van der Waals surface area (Å²) in [7, 11) is -2.00. The van der Waals surface area contributed by atoms with Gasteiger partial charge in [-0.15, -0.1) is 0 Å². The maximum Gasteiger partial charge on any atom is 0.243 e. The first-order valence-corrected chi connectivity index (χ1v) is 12.7. The maximum absolute atomic E-state index is 13.1. The Labute approximate surface area is 199 Å². The molecule has 0 aliphatic carbocycles. The lowest BCUT2D eigenvalue weighted by atomic mass is 10.2. The van der Waals surface area contributed by atoms with Crippen molar-refractivity contribution in [2.75, 3.05) is 25.5 Å². The second-order valence-electron chi connectivity index (χ2n) is 8.23. The summed E-state index contributed by atoms with van der Waals surface area (Å²) in [6.07, 6.45) is 3.16. The van der Waals surface area contributed by atoms with Gasteiger partial charge in [0.2, 0.25) is 27.6 Å². The Morgan fingerprint density at radius 3 is 2.56 bits per heavy atom. The number of sulfonamides is 1. The molecule has 2 heterocycles. The number of ether oxygens (including phenoxy) is 1. The molecular formula is C24H28N4O5S. The normalized spacial score (nSPS) is 14.6. The summed E-state index contributed by atoms with van der Waals surface area (Å²) in [6.45, 7) is 2.82. The maximum atomic E-state index is 13.1. The summed E-state index contributed by atoms with van der Waals surface area (Å²) < 4.78 is 38.1. The van der Waals surface area contributed by atoms with Gasteiger partial charge in [0.15, 0.2) is 0 Å². The number of aryl methyl sites for hydroxylation is 2. The van der Waals surface area contributed by atoms with Crippen molar-refractivity contribution in [1.29, 1.82) is 0 Å². The predicted molar refractivity (Wildman–Crippen MR) is 127 cm³/mol. The molecule has 3 aromatic rings. The molecule has 4 rings (SSSR count). The minimum Gasteiger partial charge on any atom is -0.497 e. The molecule has 0 spiro atoms. The molecule has 1 amide bonds. The highest BCUT2D eigenvalue weighted by Crippen LogP contribution is 2.26. The molecule has 0 unspecified atom stereocenters. The largest absolute Gasteiger partial charge is 0.497 e. The number of hydrogen-bond donors (Lipinski definition) is 1. The summed E-state index contributed by atoms with van der Waals surface area (Å²) >= 11 is 0. The topological polar surface area (TPSA) is 115 Å². The van der Waals surface area contributed by atoms with E-state index in [1.54, 1.807) is 38.3 Å². The number of amides is 1. The molecule has 1 aliphatic rings. The van der Waals surface area contributed by atoms with Crippen LogP contribution in [0.3, 0.4) is 0 Å². The van der Waals surface area contributed by atoms with E-state index in [2.05, 4.69) is 15.5 Å². The van der Waals surface area contributed by atoms with Gasteiger partial charge in [-0.2, -0.15) is 9.29 Å². The van der Waals surface area contributed by atoms with Crippen LogP contribution in [0, 0.1) is 6.92 Å². The molecule has 1 aliphatic heterocycles. The van der Waals surface area contributed by atoms with Gasteiger partial charge in [0, 0.05) is 37.2 Å². The zero-order chi connectivity index (χ0) is 24.1. The van der Waals surface area contributed by atoms with Gasteiger partial charge in [-0.1, -0.05) is 17.6 Å². The Hall–Kier alpha value is -3.24. The van der Waals surface area contributed by atoms with Crippen LogP contribution >= 0.6 is 0 Å². The number of aromatic nitrogens is 2. The SMILES string of the molecule is COc1ccc(-c2noc(CCC(=O)Nc3ccc(C)c(S(=O)(=O)N4CCCCC4)c3)n2)cc1. The molecule has 34 heavy (non-hydrogen) atoms. The molecule has 1 aromatic heterocycles. The van der Waals surface area contributed by atoms with Gasteiger partial charge in [0.25, 0.3) is 0 Å². The number of piperidine rings is 1. The van der Waals surface area contributed by atoms with E-state index in [4.69, 9.17) is 9.26 Å². The van der Waals surface area contributed by atoms with Crippen LogP contribution in [0.4, 0.5) is 5.69 Å². The van der Waals surface area contributed by atoms with E-state index < -0.39 is 10.0 Å². The predicted octanol–water partition coefficient (Wildman–Crippen LogP) is 3.80. The fraction of sp³-hybridized carbons (Fsp3) is 0.375. The second-order valence-corrected chi connectivity index (χ2v) is 10.1. The lowest BCUT2D eigenvalue weighted by molar-refractivity contribution is -0.116. The van der Waals surface area contributed by atoms with Crippen LogP contribution in [0.25, 0.3) is 11.4 Å². The van der Waals surface area contributed by atoms with Crippen molar-refractivity contribution in [3.05, 3.63) is 53.9 Å². The number of anilines is 1. The van der Waals surface area contributed by atoms with Crippen LogP contribution in [0.1, 0.15) is 37.1 Å². The molecule has 0 saturated carbocycles. The Morgan fingerprint density at radius 1 is 1.12 bits per heavy atom. The van der Waals surface area contributed by atoms with Crippen LogP contribution in [0.2, 0.25) is 0 Å². The van der Waals surface area contributed by atoms with Gasteiger partial charge in [-0.05, 0) is 61.7 Å². The molecule has 1 saturated heterocycles. The van der Waals surface area contributed by atoms with Crippen LogP contribution in [-0.2, 0) is 21.2 Å². The smallest absolute Gasteiger partial charge is 0.243 e. The van der Waals surface area contributed by atoms with E-state index in [0.717, 1.165) is 30.6 Å². The van der Waals surface area contributed by atoms with Crippen LogP contribution < -0.4 is 10.1 Å². The van der Waals surface area contributed by atoms with Crippen molar-refractivity contribution in [3.63, 3.8) is 0 Å². The number of hydrogen-bond acceptors (Lipinski definition) is 7. The lowest BCUT2D eigenvalue weighted by Crippen LogP contribution is -2.36. The third-order valence-electron chi connectivity index (χ3n) is 5.79. The van der Waals surface area contributed by atoms with Crippen LogP contribution in [0.5, 0.6) is 5.75 Å². The fourth-order valence-electron chi connectivity index (χ4n) is 3.86. The summed E-state index contributed by atoms with van der Waals surface area (Å²) in [5, 5.41) is 6.75. The lowest BCUT2D eigenvalue weighted by Gasteiger charge is -2.26. The average Bonchev–Trinajstić information content (AvgIpc) is 3.33. The Kier molecular flexibility index (Phi) is 7.28. The van der Waals surface area contributed by atoms with Gasteiger partial charge < -0.3 is 14.6 Å². The van der Waals surface area contributed by atoms with Crippen molar-refractivity contribution < 1.29 is 22.5 Å². The average molecular weight is 485 g/mol. The molecular weight excluding hydrogens is 456 g/mol. The number of carbonyl (C=O) groups excluding carboxylic acids is 1. The van der Waals surface area contributed by atoms with Crippen LogP contribution in [-0.4, -0.2) is 49.0 Å². The molecule has 180 valence electrons.